The first-order valence-electron chi connectivity index (χ1n) is 6.40. The molecule has 0 atom stereocenters. The highest BCUT2D eigenvalue weighted by Gasteiger charge is 2.21. The van der Waals surface area contributed by atoms with Crippen LogP contribution in [-0.2, 0) is 10.0 Å². The Kier molecular flexibility index (Phi) is 4.63. The Hall–Kier alpha value is -1.07. The SMILES string of the molecule is Cc1ccc(N)c(C)c1S(=O)(=O)NCCC(C)(C)C. The van der Waals surface area contributed by atoms with Crippen LogP contribution < -0.4 is 10.5 Å². The minimum Gasteiger partial charge on any atom is -0.398 e. The number of sulfonamides is 1. The quantitative estimate of drug-likeness (QED) is 0.835. The third-order valence-electron chi connectivity index (χ3n) is 3.08. The highest BCUT2D eigenvalue weighted by Crippen LogP contribution is 2.25. The van der Waals surface area contributed by atoms with E-state index in [1.807, 2.05) is 0 Å². The summed E-state index contributed by atoms with van der Waals surface area (Å²) in [5.41, 5.74) is 7.72. The van der Waals surface area contributed by atoms with Crippen LogP contribution in [0.2, 0.25) is 0 Å². The Morgan fingerprint density at radius 2 is 1.79 bits per heavy atom. The molecule has 0 aliphatic rings. The summed E-state index contributed by atoms with van der Waals surface area (Å²) >= 11 is 0. The first-order chi connectivity index (χ1) is 8.54. The maximum absolute atomic E-state index is 12.3. The fourth-order valence-corrected chi connectivity index (χ4v) is 3.42. The second-order valence-electron chi connectivity index (χ2n) is 6.13. The van der Waals surface area contributed by atoms with Crippen LogP contribution >= 0.6 is 0 Å². The zero-order chi connectivity index (χ0) is 14.8. The largest absolute Gasteiger partial charge is 0.398 e. The maximum atomic E-state index is 12.3. The van der Waals surface area contributed by atoms with Gasteiger partial charge >= 0.3 is 0 Å². The third kappa shape index (κ3) is 4.21. The highest BCUT2D eigenvalue weighted by molar-refractivity contribution is 7.89. The Morgan fingerprint density at radius 1 is 1.21 bits per heavy atom. The second-order valence-corrected chi connectivity index (χ2v) is 7.84. The molecule has 3 N–H and O–H groups in total. The number of hydrogen-bond donors (Lipinski definition) is 2. The van der Waals surface area contributed by atoms with Gasteiger partial charge in [0.2, 0.25) is 10.0 Å². The van der Waals surface area contributed by atoms with Crippen molar-refractivity contribution in [2.45, 2.75) is 45.9 Å². The highest BCUT2D eigenvalue weighted by atomic mass is 32.2. The molecule has 0 radical (unpaired) electrons. The topological polar surface area (TPSA) is 72.2 Å². The summed E-state index contributed by atoms with van der Waals surface area (Å²) < 4.78 is 27.3. The molecule has 0 bridgehead atoms. The number of aryl methyl sites for hydroxylation is 1. The summed E-state index contributed by atoms with van der Waals surface area (Å²) in [6.07, 6.45) is 0.784. The van der Waals surface area contributed by atoms with Crippen LogP contribution in [0.3, 0.4) is 0 Å². The van der Waals surface area contributed by atoms with Gasteiger partial charge in [0.05, 0.1) is 4.90 Å². The molecule has 0 heterocycles. The number of nitrogens with one attached hydrogen (secondary N) is 1. The van der Waals surface area contributed by atoms with E-state index in [1.54, 1.807) is 26.0 Å². The van der Waals surface area contributed by atoms with Gasteiger partial charge in [-0.15, -0.1) is 0 Å². The molecule has 1 aromatic carbocycles. The van der Waals surface area contributed by atoms with Crippen LogP contribution in [0.4, 0.5) is 5.69 Å². The van der Waals surface area contributed by atoms with Gasteiger partial charge in [-0.25, -0.2) is 13.1 Å². The lowest BCUT2D eigenvalue weighted by Gasteiger charge is -2.19. The van der Waals surface area contributed by atoms with Crippen LogP contribution in [-0.4, -0.2) is 15.0 Å². The Bertz CT molecular complexity index is 558. The van der Waals surface area contributed by atoms with Crippen molar-refractivity contribution in [3.8, 4) is 0 Å². The van der Waals surface area contributed by atoms with Gasteiger partial charge in [0, 0.05) is 12.2 Å². The average molecular weight is 284 g/mol. The number of anilines is 1. The summed E-state index contributed by atoms with van der Waals surface area (Å²) in [6.45, 7) is 10.2. The maximum Gasteiger partial charge on any atom is 0.241 e. The van der Waals surface area contributed by atoms with E-state index in [-0.39, 0.29) is 5.41 Å². The van der Waals surface area contributed by atoms with E-state index in [4.69, 9.17) is 5.73 Å². The minimum absolute atomic E-state index is 0.0995. The Balaban J connectivity index is 2.99. The van der Waals surface area contributed by atoms with E-state index >= 15 is 0 Å². The van der Waals surface area contributed by atoms with Crippen molar-refractivity contribution in [1.82, 2.24) is 4.72 Å². The van der Waals surface area contributed by atoms with Gasteiger partial charge in [0.25, 0.3) is 0 Å². The molecule has 4 nitrogen and oxygen atoms in total. The zero-order valence-corrected chi connectivity index (χ0v) is 13.2. The first kappa shape index (κ1) is 16.0. The van der Waals surface area contributed by atoms with Crippen LogP contribution in [0.25, 0.3) is 0 Å². The van der Waals surface area contributed by atoms with Crippen molar-refractivity contribution in [2.75, 3.05) is 12.3 Å². The molecule has 0 aliphatic heterocycles. The Morgan fingerprint density at radius 3 is 2.32 bits per heavy atom. The van der Waals surface area contributed by atoms with Crippen LogP contribution in [0.5, 0.6) is 0 Å². The predicted molar refractivity (Wildman–Crippen MR) is 79.6 cm³/mol. The summed E-state index contributed by atoms with van der Waals surface area (Å²) in [5, 5.41) is 0. The smallest absolute Gasteiger partial charge is 0.241 e. The average Bonchev–Trinajstić information content (AvgIpc) is 2.21. The minimum atomic E-state index is -3.50. The molecule has 0 spiro atoms. The third-order valence-corrected chi connectivity index (χ3v) is 4.83. The van der Waals surface area contributed by atoms with Gasteiger partial charge < -0.3 is 5.73 Å². The van der Waals surface area contributed by atoms with Crippen molar-refractivity contribution in [3.63, 3.8) is 0 Å². The van der Waals surface area contributed by atoms with Crippen LogP contribution in [0.1, 0.15) is 38.3 Å². The van der Waals surface area contributed by atoms with E-state index in [2.05, 4.69) is 25.5 Å². The van der Waals surface area contributed by atoms with Gasteiger partial charge in [-0.2, -0.15) is 0 Å². The van der Waals surface area contributed by atoms with Gasteiger partial charge in [-0.1, -0.05) is 26.8 Å². The molecule has 0 saturated heterocycles. The van der Waals surface area contributed by atoms with Crippen molar-refractivity contribution in [1.29, 1.82) is 0 Å². The number of nitrogen functional groups attached to an aromatic ring is 1. The van der Waals surface area contributed by atoms with E-state index in [9.17, 15) is 8.42 Å². The summed E-state index contributed by atoms with van der Waals surface area (Å²) in [4.78, 5) is 0.307. The van der Waals surface area contributed by atoms with Gasteiger partial charge in [0.1, 0.15) is 0 Å². The van der Waals surface area contributed by atoms with Gasteiger partial charge in [-0.3, -0.25) is 0 Å². The molecule has 108 valence electrons. The van der Waals surface area contributed by atoms with Crippen LogP contribution in [0.15, 0.2) is 17.0 Å². The Labute approximate surface area is 116 Å². The second kappa shape index (κ2) is 5.51. The normalized spacial score (nSPS) is 12.7. The molecular weight excluding hydrogens is 260 g/mol. The number of rotatable bonds is 4. The van der Waals surface area contributed by atoms with E-state index in [0.29, 0.717) is 22.7 Å². The number of nitrogens with two attached hydrogens (primary N) is 1. The molecule has 1 rings (SSSR count). The molecular formula is C14H24N2O2S. The van der Waals surface area contributed by atoms with E-state index < -0.39 is 10.0 Å². The number of benzene rings is 1. The van der Waals surface area contributed by atoms with Crippen LogP contribution in [0, 0.1) is 19.3 Å². The molecule has 19 heavy (non-hydrogen) atoms. The van der Waals surface area contributed by atoms with E-state index in [1.165, 1.54) is 0 Å². The molecule has 0 amide bonds. The summed E-state index contributed by atoms with van der Waals surface area (Å²) in [7, 11) is -3.50. The molecule has 0 fully saturated rings. The van der Waals surface area contributed by atoms with Crippen molar-refractivity contribution in [3.05, 3.63) is 23.3 Å². The van der Waals surface area contributed by atoms with Crippen molar-refractivity contribution >= 4 is 15.7 Å². The summed E-state index contributed by atoms with van der Waals surface area (Å²) in [5.74, 6) is 0. The standard InChI is InChI=1S/C14H24N2O2S/c1-10-6-7-12(15)11(2)13(10)19(17,18)16-9-8-14(3,4)5/h6-7,16H,8-9,15H2,1-5H3. The van der Waals surface area contributed by atoms with Crippen molar-refractivity contribution < 1.29 is 8.42 Å². The zero-order valence-electron chi connectivity index (χ0n) is 12.4. The molecule has 1 aromatic rings. The lowest BCUT2D eigenvalue weighted by atomic mass is 9.93. The molecule has 0 saturated carbocycles. The van der Waals surface area contributed by atoms with Gasteiger partial charge in [-0.05, 0) is 42.9 Å². The summed E-state index contributed by atoms with van der Waals surface area (Å²) in [6, 6.07) is 3.47. The number of hydrogen-bond acceptors (Lipinski definition) is 3. The fourth-order valence-electron chi connectivity index (χ4n) is 1.89. The monoisotopic (exact) mass is 284 g/mol. The molecule has 0 aromatic heterocycles. The van der Waals surface area contributed by atoms with Gasteiger partial charge in [0.15, 0.2) is 0 Å². The molecule has 5 heteroatoms. The van der Waals surface area contributed by atoms with Crippen molar-refractivity contribution in [2.24, 2.45) is 5.41 Å². The fraction of sp³-hybridized carbons (Fsp3) is 0.571. The molecule has 0 aliphatic carbocycles. The first-order valence-corrected chi connectivity index (χ1v) is 7.88. The van der Waals surface area contributed by atoms with E-state index in [0.717, 1.165) is 12.0 Å². The predicted octanol–water partition coefficient (Wildman–Crippen LogP) is 2.60. The molecule has 0 unspecified atom stereocenters. The lowest BCUT2D eigenvalue weighted by molar-refractivity contribution is 0.378. The lowest BCUT2D eigenvalue weighted by Crippen LogP contribution is -2.28.